The second-order valence-electron chi connectivity index (χ2n) is 5.25. The van der Waals surface area contributed by atoms with Crippen LogP contribution in [0.25, 0.3) is 5.69 Å². The Morgan fingerprint density at radius 3 is 2.76 bits per heavy atom. The number of carbonyl (C=O) groups excluding carboxylic acids is 1. The van der Waals surface area contributed by atoms with E-state index in [0.29, 0.717) is 5.69 Å². The van der Waals surface area contributed by atoms with Gasteiger partial charge in [-0.25, -0.2) is 9.59 Å². The first-order chi connectivity index (χ1) is 10.2. The predicted molar refractivity (Wildman–Crippen MR) is 78.9 cm³/mol. The number of rotatable bonds is 2. The van der Waals surface area contributed by atoms with E-state index < -0.39 is 11.7 Å². The normalized spacial score (nSPS) is 16.0. The molecule has 0 aliphatic heterocycles. The SMILES string of the molecule is CN(C(=O)n1nnn(-c2ccsc2)c1=O)C1CCCCC1. The first kappa shape index (κ1) is 14.0. The number of hydrogen-bond donors (Lipinski definition) is 0. The highest BCUT2D eigenvalue weighted by Gasteiger charge is 2.26. The number of carbonyl (C=O) groups is 1. The van der Waals surface area contributed by atoms with E-state index in [2.05, 4.69) is 10.4 Å². The lowest BCUT2D eigenvalue weighted by molar-refractivity contribution is 0.171. The Bertz CT molecular complexity index is 669. The molecule has 1 amide bonds. The molecule has 0 unspecified atom stereocenters. The second kappa shape index (κ2) is 5.80. The van der Waals surface area contributed by atoms with Crippen molar-refractivity contribution in [3.8, 4) is 5.69 Å². The van der Waals surface area contributed by atoms with Gasteiger partial charge in [0.1, 0.15) is 0 Å². The highest BCUT2D eigenvalue weighted by atomic mass is 32.1. The summed E-state index contributed by atoms with van der Waals surface area (Å²) in [5.41, 5.74) is 0.102. The van der Waals surface area contributed by atoms with Gasteiger partial charge >= 0.3 is 11.7 Å². The maximum atomic E-state index is 12.4. The van der Waals surface area contributed by atoms with Crippen LogP contribution in [0.1, 0.15) is 32.1 Å². The van der Waals surface area contributed by atoms with Crippen LogP contribution in [0, 0.1) is 0 Å². The quantitative estimate of drug-likeness (QED) is 0.792. The number of aromatic nitrogens is 4. The van der Waals surface area contributed by atoms with E-state index in [-0.39, 0.29) is 6.04 Å². The summed E-state index contributed by atoms with van der Waals surface area (Å²) < 4.78 is 1.98. The summed E-state index contributed by atoms with van der Waals surface area (Å²) in [6.45, 7) is 0. The molecule has 0 spiro atoms. The van der Waals surface area contributed by atoms with Gasteiger partial charge in [-0.15, -0.1) is 4.68 Å². The van der Waals surface area contributed by atoms with E-state index in [1.807, 2.05) is 5.38 Å². The molecule has 8 heteroatoms. The smallest absolute Gasteiger partial charge is 0.323 e. The molecule has 1 saturated carbocycles. The minimum absolute atomic E-state index is 0.185. The topological polar surface area (TPSA) is 73.0 Å². The van der Waals surface area contributed by atoms with E-state index >= 15 is 0 Å². The molecule has 2 heterocycles. The van der Waals surface area contributed by atoms with Crippen LogP contribution < -0.4 is 5.69 Å². The van der Waals surface area contributed by atoms with Gasteiger partial charge < -0.3 is 4.90 Å². The van der Waals surface area contributed by atoms with Crippen LogP contribution in [0.4, 0.5) is 4.79 Å². The highest BCUT2D eigenvalue weighted by molar-refractivity contribution is 7.08. The molecule has 2 aromatic heterocycles. The Balaban J connectivity index is 1.83. The highest BCUT2D eigenvalue weighted by Crippen LogP contribution is 2.21. The van der Waals surface area contributed by atoms with Crippen molar-refractivity contribution in [2.24, 2.45) is 0 Å². The maximum Gasteiger partial charge on any atom is 0.377 e. The summed E-state index contributed by atoms with van der Waals surface area (Å²) >= 11 is 1.46. The number of nitrogens with zero attached hydrogens (tertiary/aromatic N) is 5. The van der Waals surface area contributed by atoms with Crippen LogP contribution in [0.2, 0.25) is 0 Å². The largest absolute Gasteiger partial charge is 0.377 e. The molecule has 0 N–H and O–H groups in total. The Hall–Kier alpha value is -1.96. The first-order valence-electron chi connectivity index (χ1n) is 7.03. The lowest BCUT2D eigenvalue weighted by Crippen LogP contribution is -2.44. The van der Waals surface area contributed by atoms with Crippen molar-refractivity contribution in [3.63, 3.8) is 0 Å². The lowest BCUT2D eigenvalue weighted by Gasteiger charge is -2.30. The van der Waals surface area contributed by atoms with Crippen LogP contribution in [-0.4, -0.2) is 43.8 Å². The third-order valence-corrected chi connectivity index (χ3v) is 4.61. The van der Waals surface area contributed by atoms with E-state index in [0.717, 1.165) is 35.0 Å². The van der Waals surface area contributed by atoms with Crippen molar-refractivity contribution in [2.45, 2.75) is 38.1 Å². The predicted octanol–water partition coefficient (Wildman–Crippen LogP) is 1.72. The summed E-state index contributed by atoms with van der Waals surface area (Å²) in [5.74, 6) is 0. The molecule has 2 aromatic rings. The number of thiophene rings is 1. The van der Waals surface area contributed by atoms with Crippen molar-refractivity contribution in [3.05, 3.63) is 27.3 Å². The summed E-state index contributed by atoms with van der Waals surface area (Å²) in [5, 5.41) is 11.1. The van der Waals surface area contributed by atoms with Crippen LogP contribution in [0.15, 0.2) is 21.6 Å². The van der Waals surface area contributed by atoms with Gasteiger partial charge in [0.05, 0.1) is 5.69 Å². The lowest BCUT2D eigenvalue weighted by atomic mass is 9.95. The van der Waals surface area contributed by atoms with E-state index in [1.165, 1.54) is 17.8 Å². The van der Waals surface area contributed by atoms with Gasteiger partial charge in [0, 0.05) is 18.5 Å². The first-order valence-corrected chi connectivity index (χ1v) is 7.97. The Labute approximate surface area is 125 Å². The summed E-state index contributed by atoms with van der Waals surface area (Å²) in [6, 6.07) is 1.54. The molecule has 0 bridgehead atoms. The van der Waals surface area contributed by atoms with Gasteiger partial charge in [-0.1, -0.05) is 19.3 Å². The minimum Gasteiger partial charge on any atom is -0.323 e. The van der Waals surface area contributed by atoms with Crippen molar-refractivity contribution in [1.82, 2.24) is 24.7 Å². The monoisotopic (exact) mass is 307 g/mol. The molecule has 7 nitrogen and oxygen atoms in total. The minimum atomic E-state index is -0.527. The summed E-state index contributed by atoms with van der Waals surface area (Å²) in [7, 11) is 1.73. The summed E-state index contributed by atoms with van der Waals surface area (Å²) in [6.07, 6.45) is 5.43. The fourth-order valence-corrected chi connectivity index (χ4v) is 3.29. The molecule has 1 fully saturated rings. The zero-order valence-electron chi connectivity index (χ0n) is 11.8. The number of amides is 1. The third-order valence-electron chi connectivity index (χ3n) is 3.94. The molecule has 3 rings (SSSR count). The molecule has 112 valence electrons. The molecule has 0 aromatic carbocycles. The van der Waals surface area contributed by atoms with Gasteiger partial charge in [-0.05, 0) is 34.7 Å². The molecular formula is C13H17N5O2S. The Morgan fingerprint density at radius 1 is 1.33 bits per heavy atom. The van der Waals surface area contributed by atoms with Crippen molar-refractivity contribution in [1.29, 1.82) is 0 Å². The summed E-state index contributed by atoms with van der Waals surface area (Å²) in [4.78, 5) is 26.3. The van der Waals surface area contributed by atoms with Crippen molar-refractivity contribution >= 4 is 17.4 Å². The van der Waals surface area contributed by atoms with Gasteiger partial charge in [0.25, 0.3) is 0 Å². The fraction of sp³-hybridized carbons (Fsp3) is 0.538. The van der Waals surface area contributed by atoms with Crippen LogP contribution in [0.5, 0.6) is 0 Å². The molecule has 1 aliphatic carbocycles. The Kier molecular flexibility index (Phi) is 3.87. The van der Waals surface area contributed by atoms with E-state index in [9.17, 15) is 9.59 Å². The van der Waals surface area contributed by atoms with Crippen molar-refractivity contribution < 1.29 is 4.79 Å². The van der Waals surface area contributed by atoms with Gasteiger partial charge in [0.15, 0.2) is 0 Å². The zero-order chi connectivity index (χ0) is 14.8. The standard InChI is InChI=1S/C13H17N5O2S/c1-16(10-5-3-2-4-6-10)12(19)18-13(20)17(14-15-18)11-7-8-21-9-11/h7-10H,2-6H2,1H3. The van der Waals surface area contributed by atoms with Crippen LogP contribution >= 0.6 is 11.3 Å². The zero-order valence-corrected chi connectivity index (χ0v) is 12.6. The van der Waals surface area contributed by atoms with Gasteiger partial charge in [0.2, 0.25) is 0 Å². The average Bonchev–Trinajstić information content (AvgIpc) is 3.16. The van der Waals surface area contributed by atoms with E-state index in [1.54, 1.807) is 23.4 Å². The third kappa shape index (κ3) is 2.63. The Morgan fingerprint density at radius 2 is 2.10 bits per heavy atom. The number of tetrazole rings is 1. The molecule has 0 radical (unpaired) electrons. The molecular weight excluding hydrogens is 290 g/mol. The van der Waals surface area contributed by atoms with Gasteiger partial charge in [-0.2, -0.15) is 16.0 Å². The average molecular weight is 307 g/mol. The fourth-order valence-electron chi connectivity index (χ4n) is 2.68. The maximum absolute atomic E-state index is 12.4. The molecule has 0 saturated heterocycles. The molecule has 0 atom stereocenters. The van der Waals surface area contributed by atoms with Crippen LogP contribution in [-0.2, 0) is 0 Å². The molecule has 1 aliphatic rings. The van der Waals surface area contributed by atoms with Crippen LogP contribution in [0.3, 0.4) is 0 Å². The number of hydrogen-bond acceptors (Lipinski definition) is 5. The van der Waals surface area contributed by atoms with E-state index in [4.69, 9.17) is 0 Å². The van der Waals surface area contributed by atoms with Crippen molar-refractivity contribution in [2.75, 3.05) is 7.05 Å². The second-order valence-corrected chi connectivity index (χ2v) is 6.03. The molecule has 21 heavy (non-hydrogen) atoms. The van der Waals surface area contributed by atoms with Gasteiger partial charge in [-0.3, -0.25) is 0 Å².